The fraction of sp³-hybridized carbons (Fsp3) is 0.700. The summed E-state index contributed by atoms with van der Waals surface area (Å²) in [5.41, 5.74) is 1.29. The van der Waals surface area contributed by atoms with Crippen molar-refractivity contribution in [2.75, 3.05) is 20.3 Å². The van der Waals surface area contributed by atoms with Gasteiger partial charge in [-0.3, -0.25) is 0 Å². The maximum atomic E-state index is 6.04. The van der Waals surface area contributed by atoms with Gasteiger partial charge in [-0.15, -0.1) is 0 Å². The predicted molar refractivity (Wildman–Crippen MR) is 96.7 cm³/mol. The summed E-state index contributed by atoms with van der Waals surface area (Å²) in [6.07, 6.45) is 4.91. The molecule has 3 heteroatoms. The second kappa shape index (κ2) is 9.82. The van der Waals surface area contributed by atoms with Crippen molar-refractivity contribution < 1.29 is 14.2 Å². The highest BCUT2D eigenvalue weighted by Crippen LogP contribution is 2.34. The van der Waals surface area contributed by atoms with E-state index >= 15 is 0 Å². The van der Waals surface area contributed by atoms with E-state index < -0.39 is 0 Å². The van der Waals surface area contributed by atoms with E-state index in [0.29, 0.717) is 6.10 Å². The number of hydrogen-bond donors (Lipinski definition) is 0. The van der Waals surface area contributed by atoms with Gasteiger partial charge in [-0.05, 0) is 50.2 Å². The van der Waals surface area contributed by atoms with Crippen LogP contribution in [0.15, 0.2) is 18.2 Å². The average Bonchev–Trinajstić information content (AvgIpc) is 2.48. The first-order chi connectivity index (χ1) is 10.8. The van der Waals surface area contributed by atoms with Crippen LogP contribution in [0.25, 0.3) is 0 Å². The molecule has 0 spiro atoms. The van der Waals surface area contributed by atoms with Crippen molar-refractivity contribution in [3.8, 4) is 11.5 Å². The molecule has 1 aromatic carbocycles. The van der Waals surface area contributed by atoms with Gasteiger partial charge >= 0.3 is 0 Å². The van der Waals surface area contributed by atoms with Gasteiger partial charge in [-0.25, -0.2) is 0 Å². The van der Waals surface area contributed by atoms with Gasteiger partial charge in [0.25, 0.3) is 0 Å². The van der Waals surface area contributed by atoms with Crippen LogP contribution in [-0.4, -0.2) is 26.4 Å². The Hall–Kier alpha value is -1.22. The molecule has 0 saturated carbocycles. The highest BCUT2D eigenvalue weighted by atomic mass is 16.5. The maximum Gasteiger partial charge on any atom is 0.126 e. The van der Waals surface area contributed by atoms with E-state index in [4.69, 9.17) is 14.2 Å². The van der Waals surface area contributed by atoms with Crippen molar-refractivity contribution in [3.05, 3.63) is 23.8 Å². The fourth-order valence-electron chi connectivity index (χ4n) is 2.43. The second-order valence-corrected chi connectivity index (χ2v) is 7.29. The molecule has 0 saturated heterocycles. The average molecular weight is 322 g/mol. The van der Waals surface area contributed by atoms with Crippen LogP contribution in [0.3, 0.4) is 0 Å². The molecule has 1 aromatic rings. The van der Waals surface area contributed by atoms with Crippen LogP contribution >= 0.6 is 0 Å². The summed E-state index contributed by atoms with van der Waals surface area (Å²) in [5, 5.41) is 0. The Labute approximate surface area is 142 Å². The van der Waals surface area contributed by atoms with Crippen molar-refractivity contribution in [1.82, 2.24) is 0 Å². The zero-order chi connectivity index (χ0) is 17.3. The summed E-state index contributed by atoms with van der Waals surface area (Å²) in [5.74, 6) is 1.79. The molecule has 3 nitrogen and oxygen atoms in total. The third-order valence-electron chi connectivity index (χ3n) is 3.74. The van der Waals surface area contributed by atoms with E-state index in [1.807, 2.05) is 12.1 Å². The van der Waals surface area contributed by atoms with Gasteiger partial charge in [-0.1, -0.05) is 33.3 Å². The van der Waals surface area contributed by atoms with Crippen molar-refractivity contribution in [3.63, 3.8) is 0 Å². The summed E-state index contributed by atoms with van der Waals surface area (Å²) >= 11 is 0. The summed E-state index contributed by atoms with van der Waals surface area (Å²) in [7, 11) is 1.69. The molecular formula is C20H34O3. The summed E-state index contributed by atoms with van der Waals surface area (Å²) < 4.78 is 16.9. The second-order valence-electron chi connectivity index (χ2n) is 7.29. The van der Waals surface area contributed by atoms with E-state index in [2.05, 4.69) is 40.7 Å². The van der Waals surface area contributed by atoms with Crippen LogP contribution in [-0.2, 0) is 10.2 Å². The Bertz CT molecular complexity index is 447. The van der Waals surface area contributed by atoms with Crippen molar-refractivity contribution in [1.29, 1.82) is 0 Å². The minimum Gasteiger partial charge on any atom is -0.497 e. The molecule has 0 heterocycles. The van der Waals surface area contributed by atoms with Gasteiger partial charge in [-0.2, -0.15) is 0 Å². The van der Waals surface area contributed by atoms with Crippen LogP contribution in [0.4, 0.5) is 0 Å². The van der Waals surface area contributed by atoms with Crippen LogP contribution in [0, 0.1) is 0 Å². The van der Waals surface area contributed by atoms with Crippen molar-refractivity contribution >= 4 is 0 Å². The molecule has 0 amide bonds. The molecule has 0 N–H and O–H groups in total. The number of unbranched alkanes of at least 4 members (excludes halogenated alkanes) is 3. The lowest BCUT2D eigenvalue weighted by molar-refractivity contribution is 0.0755. The van der Waals surface area contributed by atoms with E-state index in [0.717, 1.165) is 37.6 Å². The Balaban J connectivity index is 2.39. The molecule has 0 unspecified atom stereocenters. The van der Waals surface area contributed by atoms with Gasteiger partial charge in [0.1, 0.15) is 11.5 Å². The van der Waals surface area contributed by atoms with Crippen LogP contribution in [0.2, 0.25) is 0 Å². The summed E-state index contributed by atoms with van der Waals surface area (Å²) in [4.78, 5) is 0. The quantitative estimate of drug-likeness (QED) is 0.543. The van der Waals surface area contributed by atoms with Crippen LogP contribution in [0.5, 0.6) is 11.5 Å². The number of methoxy groups -OCH3 is 1. The topological polar surface area (TPSA) is 27.7 Å². The number of hydrogen-bond acceptors (Lipinski definition) is 3. The van der Waals surface area contributed by atoms with Crippen molar-refractivity contribution in [2.24, 2.45) is 0 Å². The molecule has 0 bridgehead atoms. The Morgan fingerprint density at radius 2 is 1.61 bits per heavy atom. The first-order valence-electron chi connectivity index (χ1n) is 8.77. The van der Waals surface area contributed by atoms with E-state index in [1.165, 1.54) is 18.4 Å². The number of rotatable bonds is 10. The Kier molecular flexibility index (Phi) is 8.46. The third-order valence-corrected chi connectivity index (χ3v) is 3.74. The van der Waals surface area contributed by atoms with Gasteiger partial charge in [0.2, 0.25) is 0 Å². The van der Waals surface area contributed by atoms with Crippen molar-refractivity contribution in [2.45, 2.75) is 71.8 Å². The molecular weight excluding hydrogens is 288 g/mol. The molecule has 0 aliphatic heterocycles. The van der Waals surface area contributed by atoms with E-state index in [1.54, 1.807) is 7.11 Å². The monoisotopic (exact) mass is 322 g/mol. The Morgan fingerprint density at radius 1 is 0.957 bits per heavy atom. The molecule has 0 aliphatic rings. The highest BCUT2D eigenvalue weighted by Gasteiger charge is 2.19. The normalized spacial score (nSPS) is 11.8. The zero-order valence-electron chi connectivity index (χ0n) is 15.8. The molecule has 0 aliphatic carbocycles. The maximum absolute atomic E-state index is 6.04. The van der Waals surface area contributed by atoms with Crippen LogP contribution < -0.4 is 9.47 Å². The minimum atomic E-state index is 0.0653. The molecule has 23 heavy (non-hydrogen) atoms. The molecule has 0 aromatic heterocycles. The predicted octanol–water partition coefficient (Wildman–Crippen LogP) is 5.36. The van der Waals surface area contributed by atoms with Gasteiger partial charge in [0.05, 0.1) is 19.8 Å². The largest absolute Gasteiger partial charge is 0.497 e. The minimum absolute atomic E-state index is 0.0653. The zero-order valence-corrected chi connectivity index (χ0v) is 15.8. The van der Waals surface area contributed by atoms with Gasteiger partial charge in [0.15, 0.2) is 0 Å². The fourth-order valence-corrected chi connectivity index (χ4v) is 2.43. The number of ether oxygens (including phenoxy) is 3. The van der Waals surface area contributed by atoms with Gasteiger partial charge < -0.3 is 14.2 Å². The first kappa shape index (κ1) is 19.8. The molecule has 1 rings (SSSR count). The molecule has 0 atom stereocenters. The number of benzene rings is 1. The SMILES string of the molecule is COc1ccc(C(C)(C)C)c(OCCCCCCOC(C)C)c1. The summed E-state index contributed by atoms with van der Waals surface area (Å²) in [6.45, 7) is 12.4. The standard InChI is InChI=1S/C20H34O3/c1-16(2)22-13-9-7-8-10-14-23-19-15-17(21-6)11-12-18(19)20(3,4)5/h11-12,15-16H,7-10,13-14H2,1-6H3. The smallest absolute Gasteiger partial charge is 0.126 e. The third kappa shape index (κ3) is 7.74. The molecule has 0 fully saturated rings. The first-order valence-corrected chi connectivity index (χ1v) is 8.77. The van der Waals surface area contributed by atoms with Gasteiger partial charge in [0, 0.05) is 12.7 Å². The van der Waals surface area contributed by atoms with E-state index in [9.17, 15) is 0 Å². The van der Waals surface area contributed by atoms with E-state index in [-0.39, 0.29) is 5.41 Å². The lowest BCUT2D eigenvalue weighted by Gasteiger charge is -2.23. The van der Waals surface area contributed by atoms with Crippen LogP contribution in [0.1, 0.15) is 65.9 Å². The highest BCUT2D eigenvalue weighted by molar-refractivity contribution is 5.44. The lowest BCUT2D eigenvalue weighted by Crippen LogP contribution is -2.14. The molecule has 0 radical (unpaired) electrons. The lowest BCUT2D eigenvalue weighted by atomic mass is 9.86. The Morgan fingerprint density at radius 3 is 2.17 bits per heavy atom. The summed E-state index contributed by atoms with van der Waals surface area (Å²) in [6, 6.07) is 6.11. The molecule has 132 valence electrons.